The van der Waals surface area contributed by atoms with Crippen LogP contribution in [0.3, 0.4) is 0 Å². The Kier molecular flexibility index (Phi) is 10.7. The average molecular weight is 300 g/mol. The zero-order chi connectivity index (χ0) is 15.9. The Balaban J connectivity index is 0.000000239. The van der Waals surface area contributed by atoms with Gasteiger partial charge in [-0.25, -0.2) is 0 Å². The van der Waals surface area contributed by atoms with E-state index in [-0.39, 0.29) is 0 Å². The molecule has 0 atom stereocenters. The van der Waals surface area contributed by atoms with Gasteiger partial charge >= 0.3 is 0 Å². The molecule has 0 amide bonds. The highest BCUT2D eigenvalue weighted by Gasteiger charge is 1.92. The van der Waals surface area contributed by atoms with Crippen molar-refractivity contribution in [3.63, 3.8) is 0 Å². The van der Waals surface area contributed by atoms with Crippen LogP contribution in [0.15, 0.2) is 60.7 Å². The van der Waals surface area contributed by atoms with Crippen LogP contribution in [0.2, 0.25) is 0 Å². The predicted octanol–water partition coefficient (Wildman–Crippen LogP) is 6.08. The predicted molar refractivity (Wildman–Crippen MR) is 93.6 cm³/mol. The molecule has 2 aromatic rings. The molecule has 0 N–H and O–H groups in total. The van der Waals surface area contributed by atoms with Crippen molar-refractivity contribution in [2.24, 2.45) is 0 Å². The van der Waals surface area contributed by atoms with Crippen LogP contribution in [-0.2, 0) is 4.74 Å². The van der Waals surface area contributed by atoms with Crippen molar-refractivity contribution in [2.75, 3.05) is 13.2 Å². The zero-order valence-corrected chi connectivity index (χ0v) is 13.8. The summed E-state index contributed by atoms with van der Waals surface area (Å²) < 4.78 is 10.9. The van der Waals surface area contributed by atoms with E-state index in [2.05, 4.69) is 13.8 Å². The van der Waals surface area contributed by atoms with Crippen LogP contribution >= 0.6 is 0 Å². The largest absolute Gasteiger partial charge is 0.457 e. The van der Waals surface area contributed by atoms with Gasteiger partial charge in [-0.1, -0.05) is 63.1 Å². The van der Waals surface area contributed by atoms with Gasteiger partial charge in [-0.2, -0.15) is 0 Å². The number of hydrogen-bond acceptors (Lipinski definition) is 2. The van der Waals surface area contributed by atoms with Crippen molar-refractivity contribution in [3.8, 4) is 11.5 Å². The van der Waals surface area contributed by atoms with Gasteiger partial charge in [0.2, 0.25) is 0 Å². The average Bonchev–Trinajstić information content (AvgIpc) is 2.57. The molecule has 2 nitrogen and oxygen atoms in total. The van der Waals surface area contributed by atoms with Crippen molar-refractivity contribution in [3.05, 3.63) is 60.7 Å². The third-order valence-corrected chi connectivity index (χ3v) is 3.01. The first-order chi connectivity index (χ1) is 10.9. The van der Waals surface area contributed by atoms with E-state index in [0.717, 1.165) is 24.7 Å². The Hall–Kier alpha value is -1.80. The van der Waals surface area contributed by atoms with E-state index >= 15 is 0 Å². The lowest BCUT2D eigenvalue weighted by Crippen LogP contribution is -1.95. The van der Waals surface area contributed by atoms with E-state index in [4.69, 9.17) is 9.47 Å². The van der Waals surface area contributed by atoms with E-state index in [1.54, 1.807) is 0 Å². The highest BCUT2D eigenvalue weighted by Crippen LogP contribution is 2.19. The normalized spacial score (nSPS) is 9.73. The Morgan fingerprint density at radius 2 is 1.05 bits per heavy atom. The molecule has 0 radical (unpaired) electrons. The molecule has 2 rings (SSSR count). The zero-order valence-electron chi connectivity index (χ0n) is 13.8. The fourth-order valence-electron chi connectivity index (χ4n) is 1.71. The van der Waals surface area contributed by atoms with Crippen molar-refractivity contribution in [2.45, 2.75) is 39.5 Å². The highest BCUT2D eigenvalue weighted by atomic mass is 16.5. The quantitative estimate of drug-likeness (QED) is 0.550. The molecule has 0 saturated carbocycles. The maximum Gasteiger partial charge on any atom is 0.127 e. The molecule has 0 bridgehead atoms. The Morgan fingerprint density at radius 3 is 1.41 bits per heavy atom. The molecule has 0 aliphatic heterocycles. The molecular weight excluding hydrogens is 272 g/mol. The Bertz CT molecular complexity index is 410. The molecule has 0 saturated heterocycles. The second kappa shape index (κ2) is 12.9. The van der Waals surface area contributed by atoms with E-state index < -0.39 is 0 Å². The second-order valence-electron chi connectivity index (χ2n) is 5.05. The van der Waals surface area contributed by atoms with Gasteiger partial charge in [0.1, 0.15) is 11.5 Å². The first kappa shape index (κ1) is 18.2. The fourth-order valence-corrected chi connectivity index (χ4v) is 1.71. The summed E-state index contributed by atoms with van der Waals surface area (Å²) in [5.74, 6) is 1.74. The van der Waals surface area contributed by atoms with Crippen LogP contribution in [-0.4, -0.2) is 13.2 Å². The van der Waals surface area contributed by atoms with Crippen molar-refractivity contribution >= 4 is 0 Å². The summed E-state index contributed by atoms with van der Waals surface area (Å²) >= 11 is 0. The standard InChI is InChI=1S/C12H10O.C8H18O/c1-3-7-11(8-4-1)13-12-9-5-2-6-10-12;1-3-5-7-9-8-6-4-2/h1-10H;3-8H2,1-2H3. The molecule has 2 heteroatoms. The smallest absolute Gasteiger partial charge is 0.127 e. The Morgan fingerprint density at radius 1 is 0.636 bits per heavy atom. The third-order valence-electron chi connectivity index (χ3n) is 3.01. The number of ether oxygens (including phenoxy) is 2. The summed E-state index contributed by atoms with van der Waals surface area (Å²) in [4.78, 5) is 0. The van der Waals surface area contributed by atoms with Crippen molar-refractivity contribution in [1.82, 2.24) is 0 Å². The van der Waals surface area contributed by atoms with Gasteiger partial charge in [0.25, 0.3) is 0 Å². The van der Waals surface area contributed by atoms with E-state index in [1.807, 2.05) is 60.7 Å². The SMILES string of the molecule is CCCCOCCCC.c1ccc(Oc2ccccc2)cc1. The number of para-hydroxylation sites is 2. The molecule has 0 spiro atoms. The molecule has 0 aliphatic rings. The van der Waals surface area contributed by atoms with Crippen molar-refractivity contribution < 1.29 is 9.47 Å². The molecule has 0 aliphatic carbocycles. The van der Waals surface area contributed by atoms with Crippen LogP contribution in [0.5, 0.6) is 11.5 Å². The van der Waals surface area contributed by atoms with Gasteiger partial charge in [-0.15, -0.1) is 0 Å². The number of hydrogen-bond donors (Lipinski definition) is 0. The first-order valence-corrected chi connectivity index (χ1v) is 8.22. The maximum atomic E-state index is 5.58. The van der Waals surface area contributed by atoms with Gasteiger partial charge < -0.3 is 9.47 Å². The fraction of sp³-hybridized carbons (Fsp3) is 0.400. The van der Waals surface area contributed by atoms with Crippen LogP contribution in [0, 0.1) is 0 Å². The van der Waals surface area contributed by atoms with E-state index in [9.17, 15) is 0 Å². The molecule has 0 heterocycles. The third kappa shape index (κ3) is 9.19. The van der Waals surface area contributed by atoms with Gasteiger partial charge in [-0.3, -0.25) is 0 Å². The van der Waals surface area contributed by atoms with Gasteiger partial charge in [0.05, 0.1) is 0 Å². The van der Waals surface area contributed by atoms with Gasteiger partial charge in [0, 0.05) is 13.2 Å². The minimum Gasteiger partial charge on any atom is -0.457 e. The lowest BCUT2D eigenvalue weighted by molar-refractivity contribution is 0.128. The molecule has 2 aromatic carbocycles. The minimum atomic E-state index is 0.869. The topological polar surface area (TPSA) is 18.5 Å². The molecular formula is C20H28O2. The van der Waals surface area contributed by atoms with Crippen LogP contribution in [0.25, 0.3) is 0 Å². The molecule has 0 unspecified atom stereocenters. The monoisotopic (exact) mass is 300 g/mol. The number of unbranched alkanes of at least 4 members (excludes halogenated alkanes) is 2. The summed E-state index contributed by atoms with van der Waals surface area (Å²) in [5.41, 5.74) is 0. The maximum absolute atomic E-state index is 5.58. The lowest BCUT2D eigenvalue weighted by Gasteiger charge is -2.03. The minimum absolute atomic E-state index is 0.869. The van der Waals surface area contributed by atoms with E-state index in [0.29, 0.717) is 0 Å². The van der Waals surface area contributed by atoms with Crippen LogP contribution < -0.4 is 4.74 Å². The summed E-state index contributed by atoms with van der Waals surface area (Å²) in [6, 6.07) is 19.5. The van der Waals surface area contributed by atoms with Crippen LogP contribution in [0.4, 0.5) is 0 Å². The van der Waals surface area contributed by atoms with E-state index in [1.165, 1.54) is 25.7 Å². The summed E-state index contributed by atoms with van der Waals surface area (Å²) in [6.45, 7) is 6.28. The molecule has 0 aromatic heterocycles. The number of benzene rings is 2. The summed E-state index contributed by atoms with van der Waals surface area (Å²) in [5, 5.41) is 0. The van der Waals surface area contributed by atoms with Gasteiger partial charge in [-0.05, 0) is 37.1 Å². The van der Waals surface area contributed by atoms with Crippen molar-refractivity contribution in [1.29, 1.82) is 0 Å². The van der Waals surface area contributed by atoms with Gasteiger partial charge in [0.15, 0.2) is 0 Å². The molecule has 22 heavy (non-hydrogen) atoms. The Labute approximate surface area is 135 Å². The number of rotatable bonds is 8. The summed E-state index contributed by atoms with van der Waals surface area (Å²) in [7, 11) is 0. The second-order valence-corrected chi connectivity index (χ2v) is 5.05. The van der Waals surface area contributed by atoms with Crippen LogP contribution in [0.1, 0.15) is 39.5 Å². The first-order valence-electron chi connectivity index (χ1n) is 8.22. The molecule has 120 valence electrons. The molecule has 0 fully saturated rings. The summed E-state index contributed by atoms with van der Waals surface area (Å²) in [6.07, 6.45) is 4.91. The highest BCUT2D eigenvalue weighted by molar-refractivity contribution is 5.30. The lowest BCUT2D eigenvalue weighted by atomic mass is 10.3.